The summed E-state index contributed by atoms with van der Waals surface area (Å²) in [5.41, 5.74) is 4.82. The molecule has 0 radical (unpaired) electrons. The van der Waals surface area contributed by atoms with E-state index in [1.807, 2.05) is 6.07 Å². The highest BCUT2D eigenvalue weighted by Gasteiger charge is 2.34. The number of carbonyl (C=O) groups is 1. The Morgan fingerprint density at radius 2 is 1.58 bits per heavy atom. The Balaban J connectivity index is 1.69. The molecule has 1 heterocycles. The molecular weight excluding hydrogens is 440 g/mol. The van der Waals surface area contributed by atoms with Crippen molar-refractivity contribution in [1.82, 2.24) is 0 Å². The third kappa shape index (κ3) is 4.48. The predicted molar refractivity (Wildman–Crippen MR) is 119 cm³/mol. The van der Waals surface area contributed by atoms with Gasteiger partial charge < -0.3 is 0 Å². The fourth-order valence-corrected chi connectivity index (χ4v) is 3.47. The first-order chi connectivity index (χ1) is 14.8. The van der Waals surface area contributed by atoms with E-state index in [2.05, 4.69) is 15.6 Å². The summed E-state index contributed by atoms with van der Waals surface area (Å²) < 4.78 is 31.4. The number of benzene rings is 3. The molecule has 0 unspecified atom stereocenters. The molecule has 3 aromatic rings. The second-order valence-corrected chi connectivity index (χ2v) is 8.34. The topological polar surface area (TPSA) is 111 Å². The number of hydrogen-bond acceptors (Lipinski definition) is 6. The van der Waals surface area contributed by atoms with Crippen molar-refractivity contribution in [2.75, 3.05) is 10.4 Å². The molecule has 8 nitrogen and oxygen atoms in total. The van der Waals surface area contributed by atoms with E-state index in [0.29, 0.717) is 27.7 Å². The van der Waals surface area contributed by atoms with Crippen LogP contribution in [-0.2, 0) is 14.9 Å². The van der Waals surface area contributed by atoms with E-state index in [-0.39, 0.29) is 10.6 Å². The number of anilines is 2. The zero-order valence-electron chi connectivity index (χ0n) is 15.8. The summed E-state index contributed by atoms with van der Waals surface area (Å²) in [5, 5.41) is 10.5. The van der Waals surface area contributed by atoms with E-state index in [9.17, 15) is 13.2 Å². The van der Waals surface area contributed by atoms with Crippen LogP contribution in [0.1, 0.15) is 5.56 Å². The fourth-order valence-electron chi connectivity index (χ4n) is 2.86. The van der Waals surface area contributed by atoms with Gasteiger partial charge in [0.05, 0.1) is 16.3 Å². The molecule has 0 bridgehead atoms. The minimum absolute atomic E-state index is 0.0741. The maximum atomic E-state index is 13.1. The molecule has 1 amide bonds. The molecule has 1 aliphatic rings. The third-order valence-electron chi connectivity index (χ3n) is 4.39. The fraction of sp³-hybridized carbons (Fsp3) is 0. The Morgan fingerprint density at radius 1 is 0.935 bits per heavy atom. The number of nitrogens with zero attached hydrogens (tertiary/aromatic N) is 3. The van der Waals surface area contributed by atoms with Crippen LogP contribution in [0, 0.1) is 0 Å². The largest absolute Gasteiger partial charge is 0.301 e. The van der Waals surface area contributed by atoms with Crippen molar-refractivity contribution in [3.63, 3.8) is 0 Å². The van der Waals surface area contributed by atoms with E-state index < -0.39 is 16.0 Å². The Morgan fingerprint density at radius 3 is 2.19 bits per heavy atom. The first kappa shape index (κ1) is 20.7. The highest BCUT2D eigenvalue weighted by Crippen LogP contribution is 2.23. The molecule has 4 rings (SSSR count). The van der Waals surface area contributed by atoms with Gasteiger partial charge in [-0.1, -0.05) is 41.9 Å². The lowest BCUT2D eigenvalue weighted by Gasteiger charge is -2.10. The number of halogens is 1. The van der Waals surface area contributed by atoms with Crippen LogP contribution in [-0.4, -0.2) is 30.3 Å². The van der Waals surface area contributed by atoms with E-state index >= 15 is 0 Å². The van der Waals surface area contributed by atoms with Crippen LogP contribution >= 0.6 is 11.6 Å². The van der Waals surface area contributed by atoms with Gasteiger partial charge in [-0.05, 0) is 48.5 Å². The monoisotopic (exact) mass is 454 g/mol. The van der Waals surface area contributed by atoms with Gasteiger partial charge in [0.25, 0.3) is 10.1 Å². The molecule has 0 fully saturated rings. The lowest BCUT2D eigenvalue weighted by molar-refractivity contribution is -0.112. The lowest BCUT2D eigenvalue weighted by Crippen LogP contribution is -2.28. The van der Waals surface area contributed by atoms with Crippen LogP contribution in [0.3, 0.4) is 0 Å². The molecule has 0 saturated heterocycles. The van der Waals surface area contributed by atoms with Crippen molar-refractivity contribution in [3.8, 4) is 0 Å². The molecule has 1 aliphatic heterocycles. The SMILES string of the molecule is O=C1C(=NNc2ccc(S(=O)(=O)O)cc2)C(c2ccc(Cl)cc2)=NN1c1ccccc1. The summed E-state index contributed by atoms with van der Waals surface area (Å²) in [6, 6.07) is 21.1. The van der Waals surface area contributed by atoms with Crippen molar-refractivity contribution in [2.24, 2.45) is 10.2 Å². The van der Waals surface area contributed by atoms with Gasteiger partial charge in [0, 0.05) is 10.6 Å². The van der Waals surface area contributed by atoms with Gasteiger partial charge in [0.1, 0.15) is 5.71 Å². The van der Waals surface area contributed by atoms with E-state index in [1.165, 1.54) is 29.3 Å². The lowest BCUT2D eigenvalue weighted by atomic mass is 10.1. The normalized spacial score (nSPS) is 15.3. The zero-order valence-corrected chi connectivity index (χ0v) is 17.4. The third-order valence-corrected chi connectivity index (χ3v) is 5.51. The minimum atomic E-state index is -4.30. The first-order valence-corrected chi connectivity index (χ1v) is 10.8. The number of hydrazone groups is 2. The van der Waals surface area contributed by atoms with E-state index in [1.54, 1.807) is 48.5 Å². The van der Waals surface area contributed by atoms with Crippen LogP contribution < -0.4 is 10.4 Å². The summed E-state index contributed by atoms with van der Waals surface area (Å²) >= 11 is 5.97. The highest BCUT2D eigenvalue weighted by molar-refractivity contribution is 7.85. The van der Waals surface area contributed by atoms with Crippen LogP contribution in [0.15, 0.2) is 94.0 Å². The molecule has 2 N–H and O–H groups in total. The van der Waals surface area contributed by atoms with Crippen molar-refractivity contribution in [3.05, 3.63) is 89.4 Å². The van der Waals surface area contributed by atoms with Crippen molar-refractivity contribution in [1.29, 1.82) is 0 Å². The molecular formula is C21H15ClN4O4S. The Hall–Kier alpha value is -3.53. The van der Waals surface area contributed by atoms with Gasteiger partial charge in [-0.15, -0.1) is 0 Å². The molecule has 3 aromatic carbocycles. The van der Waals surface area contributed by atoms with Gasteiger partial charge in [-0.3, -0.25) is 14.8 Å². The minimum Gasteiger partial charge on any atom is -0.282 e. The zero-order chi connectivity index (χ0) is 22.0. The number of nitrogens with one attached hydrogen (secondary N) is 1. The van der Waals surface area contributed by atoms with Gasteiger partial charge in [0.2, 0.25) is 0 Å². The van der Waals surface area contributed by atoms with Gasteiger partial charge in [-0.25, -0.2) is 0 Å². The van der Waals surface area contributed by atoms with Crippen LogP contribution in [0.5, 0.6) is 0 Å². The smallest absolute Gasteiger partial charge is 0.282 e. The predicted octanol–water partition coefficient (Wildman–Crippen LogP) is 3.81. The summed E-state index contributed by atoms with van der Waals surface area (Å²) in [4.78, 5) is 12.8. The molecule has 0 atom stereocenters. The Bertz CT molecular complexity index is 1290. The van der Waals surface area contributed by atoms with Crippen molar-refractivity contribution >= 4 is 50.4 Å². The Labute approximate surface area is 183 Å². The molecule has 0 aliphatic carbocycles. The second kappa shape index (κ2) is 8.31. The molecule has 0 aromatic heterocycles. The maximum absolute atomic E-state index is 13.1. The van der Waals surface area contributed by atoms with E-state index in [0.717, 1.165) is 0 Å². The Kier molecular flexibility index (Phi) is 5.55. The quantitative estimate of drug-likeness (QED) is 0.450. The number of carbonyl (C=O) groups excluding carboxylic acids is 1. The van der Waals surface area contributed by atoms with Gasteiger partial charge in [0.15, 0.2) is 5.71 Å². The summed E-state index contributed by atoms with van der Waals surface area (Å²) in [6.45, 7) is 0. The number of rotatable bonds is 5. The van der Waals surface area contributed by atoms with Crippen molar-refractivity contribution in [2.45, 2.75) is 4.90 Å². The molecule has 156 valence electrons. The maximum Gasteiger partial charge on any atom is 0.301 e. The summed E-state index contributed by atoms with van der Waals surface area (Å²) in [6.07, 6.45) is 0. The van der Waals surface area contributed by atoms with Crippen LogP contribution in [0.2, 0.25) is 5.02 Å². The number of para-hydroxylation sites is 1. The molecule has 0 saturated carbocycles. The van der Waals surface area contributed by atoms with Crippen molar-refractivity contribution < 1.29 is 17.8 Å². The molecule has 0 spiro atoms. The number of amides is 1. The average molecular weight is 455 g/mol. The standard InChI is InChI=1S/C21H15ClN4O4S/c22-15-8-6-14(7-9-15)19-20(21(27)26(25-19)17-4-2-1-3-5-17)24-23-16-10-12-18(13-11-16)31(28,29)30/h1-13,23H,(H,28,29,30). The van der Waals surface area contributed by atoms with Crippen LogP contribution in [0.4, 0.5) is 11.4 Å². The summed E-state index contributed by atoms with van der Waals surface area (Å²) in [5.74, 6) is -0.432. The molecule has 10 heteroatoms. The summed E-state index contributed by atoms with van der Waals surface area (Å²) in [7, 11) is -4.30. The van der Waals surface area contributed by atoms with Gasteiger partial charge in [-0.2, -0.15) is 23.6 Å². The second-order valence-electron chi connectivity index (χ2n) is 6.48. The first-order valence-electron chi connectivity index (χ1n) is 8.98. The average Bonchev–Trinajstić information content (AvgIpc) is 3.09. The van der Waals surface area contributed by atoms with Gasteiger partial charge >= 0.3 is 5.91 Å². The van der Waals surface area contributed by atoms with E-state index in [4.69, 9.17) is 16.2 Å². The van der Waals surface area contributed by atoms with Crippen LogP contribution in [0.25, 0.3) is 0 Å². The molecule has 31 heavy (non-hydrogen) atoms. The highest BCUT2D eigenvalue weighted by atomic mass is 35.5. The number of hydrogen-bond donors (Lipinski definition) is 2.